The maximum atomic E-state index is 9.51. The van der Waals surface area contributed by atoms with Crippen LogP contribution in [0.4, 0.5) is 11.8 Å². The van der Waals surface area contributed by atoms with Crippen molar-refractivity contribution in [2.75, 3.05) is 38.2 Å². The second-order valence-corrected chi connectivity index (χ2v) is 8.00. The minimum absolute atomic E-state index is 0.241. The lowest BCUT2D eigenvalue weighted by Gasteiger charge is -2.15. The fourth-order valence-corrected chi connectivity index (χ4v) is 3.89. The largest absolute Gasteiger partial charge is 0.508 e. The fourth-order valence-electron chi connectivity index (χ4n) is 3.89. The molecule has 1 aromatic heterocycles. The van der Waals surface area contributed by atoms with E-state index in [0.717, 1.165) is 39.9 Å². The molecule has 4 aromatic rings. The Morgan fingerprint density at radius 2 is 1.60 bits per heavy atom. The molecule has 9 heteroatoms. The summed E-state index contributed by atoms with van der Waals surface area (Å²) in [5.41, 5.74) is 2.85. The molecule has 0 atom stereocenters. The van der Waals surface area contributed by atoms with Crippen LogP contribution in [0.5, 0.6) is 28.7 Å². The minimum atomic E-state index is 0.241. The van der Waals surface area contributed by atoms with Crippen molar-refractivity contribution in [2.45, 2.75) is 13.0 Å². The molecule has 5 rings (SSSR count). The zero-order valence-electron chi connectivity index (χ0n) is 19.5. The third-order valence-electron chi connectivity index (χ3n) is 5.73. The van der Waals surface area contributed by atoms with Crippen LogP contribution in [0.15, 0.2) is 54.6 Å². The molecule has 0 amide bonds. The van der Waals surface area contributed by atoms with Crippen LogP contribution in [-0.2, 0) is 13.0 Å². The molecule has 0 saturated heterocycles. The van der Waals surface area contributed by atoms with Gasteiger partial charge in [-0.2, -0.15) is 4.98 Å². The van der Waals surface area contributed by atoms with Crippen molar-refractivity contribution in [1.82, 2.24) is 9.97 Å². The smallest absolute Gasteiger partial charge is 0.231 e. The number of methoxy groups -OCH3 is 2. The van der Waals surface area contributed by atoms with Gasteiger partial charge in [-0.25, -0.2) is 4.98 Å². The van der Waals surface area contributed by atoms with E-state index in [4.69, 9.17) is 28.9 Å². The highest BCUT2D eigenvalue weighted by Gasteiger charge is 2.15. The summed E-state index contributed by atoms with van der Waals surface area (Å²) in [6, 6.07) is 16.7. The van der Waals surface area contributed by atoms with Crippen LogP contribution < -0.4 is 29.6 Å². The molecule has 9 nitrogen and oxygen atoms in total. The SMILES string of the molecule is COc1cc2nc(NCc3ccc4c(c3)OCO4)nc(NCCc3ccc(O)cc3)c2cc1OC. The van der Waals surface area contributed by atoms with E-state index in [1.165, 1.54) is 0 Å². The van der Waals surface area contributed by atoms with E-state index < -0.39 is 0 Å². The Labute approximate surface area is 202 Å². The zero-order valence-corrected chi connectivity index (χ0v) is 19.5. The number of benzene rings is 3. The van der Waals surface area contributed by atoms with Gasteiger partial charge in [0, 0.05) is 24.5 Å². The van der Waals surface area contributed by atoms with Gasteiger partial charge in [-0.3, -0.25) is 0 Å². The first-order valence-corrected chi connectivity index (χ1v) is 11.2. The van der Waals surface area contributed by atoms with Crippen molar-refractivity contribution < 1.29 is 24.1 Å². The summed E-state index contributed by atoms with van der Waals surface area (Å²) in [4.78, 5) is 9.44. The number of rotatable bonds is 9. The number of aromatic hydroxyl groups is 1. The lowest BCUT2D eigenvalue weighted by molar-refractivity contribution is 0.174. The number of aromatic nitrogens is 2. The molecule has 180 valence electrons. The van der Waals surface area contributed by atoms with Gasteiger partial charge in [0.15, 0.2) is 23.0 Å². The molecule has 0 spiro atoms. The molecule has 0 radical (unpaired) electrons. The number of anilines is 2. The van der Waals surface area contributed by atoms with E-state index in [2.05, 4.69) is 10.6 Å². The Hall–Kier alpha value is -4.40. The van der Waals surface area contributed by atoms with Crippen molar-refractivity contribution >= 4 is 22.7 Å². The quantitative estimate of drug-likeness (QED) is 0.326. The summed E-state index contributed by atoms with van der Waals surface area (Å²) >= 11 is 0. The normalized spacial score (nSPS) is 11.9. The van der Waals surface area contributed by atoms with E-state index in [-0.39, 0.29) is 12.5 Å². The number of fused-ring (bicyclic) bond motifs is 2. The molecule has 35 heavy (non-hydrogen) atoms. The van der Waals surface area contributed by atoms with Gasteiger partial charge in [0.2, 0.25) is 12.7 Å². The summed E-state index contributed by atoms with van der Waals surface area (Å²) < 4.78 is 21.8. The molecule has 1 aliphatic rings. The van der Waals surface area contributed by atoms with Crippen LogP contribution in [-0.4, -0.2) is 42.6 Å². The van der Waals surface area contributed by atoms with Crippen molar-refractivity contribution in [3.63, 3.8) is 0 Å². The van der Waals surface area contributed by atoms with Crippen molar-refractivity contribution in [1.29, 1.82) is 0 Å². The lowest BCUT2D eigenvalue weighted by atomic mass is 10.1. The number of hydrogen-bond donors (Lipinski definition) is 3. The Morgan fingerprint density at radius 1 is 0.857 bits per heavy atom. The monoisotopic (exact) mass is 474 g/mol. The zero-order chi connectivity index (χ0) is 24.2. The molecule has 0 aliphatic carbocycles. The number of nitrogens with zero attached hydrogens (tertiary/aromatic N) is 2. The topological polar surface area (TPSA) is 107 Å². The second kappa shape index (κ2) is 9.84. The first-order chi connectivity index (χ1) is 17.1. The van der Waals surface area contributed by atoms with Crippen LogP contribution >= 0.6 is 0 Å². The van der Waals surface area contributed by atoms with E-state index in [1.807, 2.05) is 42.5 Å². The summed E-state index contributed by atoms with van der Waals surface area (Å²) in [6.07, 6.45) is 0.763. The molecule has 3 aromatic carbocycles. The molecule has 0 fully saturated rings. The molecule has 3 N–H and O–H groups in total. The minimum Gasteiger partial charge on any atom is -0.508 e. The van der Waals surface area contributed by atoms with E-state index in [0.29, 0.717) is 36.4 Å². The van der Waals surface area contributed by atoms with E-state index in [9.17, 15) is 5.11 Å². The van der Waals surface area contributed by atoms with Gasteiger partial charge in [-0.15, -0.1) is 0 Å². The Balaban J connectivity index is 1.40. The summed E-state index contributed by atoms with van der Waals surface area (Å²) in [6.45, 7) is 1.40. The maximum absolute atomic E-state index is 9.51. The Morgan fingerprint density at radius 3 is 2.40 bits per heavy atom. The Kier molecular flexibility index (Phi) is 6.30. The molecule has 0 bridgehead atoms. The lowest BCUT2D eigenvalue weighted by Crippen LogP contribution is -2.10. The van der Waals surface area contributed by atoms with Gasteiger partial charge >= 0.3 is 0 Å². The van der Waals surface area contributed by atoms with Crippen molar-refractivity contribution in [2.24, 2.45) is 0 Å². The van der Waals surface area contributed by atoms with E-state index in [1.54, 1.807) is 26.4 Å². The first-order valence-electron chi connectivity index (χ1n) is 11.2. The summed E-state index contributed by atoms with van der Waals surface area (Å²) in [5, 5.41) is 17.1. The van der Waals surface area contributed by atoms with Gasteiger partial charge < -0.3 is 34.7 Å². The van der Waals surface area contributed by atoms with Crippen molar-refractivity contribution in [3.8, 4) is 28.7 Å². The number of phenolic OH excluding ortho intramolecular Hbond substituents is 1. The van der Waals surface area contributed by atoms with Crippen LogP contribution in [0.2, 0.25) is 0 Å². The average Bonchev–Trinajstić information content (AvgIpc) is 3.36. The van der Waals surface area contributed by atoms with Crippen LogP contribution in [0.25, 0.3) is 10.9 Å². The highest BCUT2D eigenvalue weighted by Crippen LogP contribution is 2.35. The molecule has 0 saturated carbocycles. The number of ether oxygens (including phenoxy) is 4. The third kappa shape index (κ3) is 4.93. The maximum Gasteiger partial charge on any atom is 0.231 e. The fraction of sp³-hybridized carbons (Fsp3) is 0.231. The van der Waals surface area contributed by atoms with Gasteiger partial charge in [0.05, 0.1) is 19.7 Å². The Bertz CT molecular complexity index is 1340. The van der Waals surface area contributed by atoms with Gasteiger partial charge in [-0.05, 0) is 47.9 Å². The van der Waals surface area contributed by atoms with Crippen LogP contribution in [0.3, 0.4) is 0 Å². The van der Waals surface area contributed by atoms with Gasteiger partial charge in [0.1, 0.15) is 11.6 Å². The highest BCUT2D eigenvalue weighted by atomic mass is 16.7. The average molecular weight is 475 g/mol. The van der Waals surface area contributed by atoms with Crippen LogP contribution in [0, 0.1) is 0 Å². The highest BCUT2D eigenvalue weighted by molar-refractivity contribution is 5.92. The molecular formula is C26H26N4O5. The molecule has 1 aliphatic heterocycles. The standard InChI is InChI=1S/C26H26N4O5/c1-32-22-12-19-20(13-23(22)33-2)29-26(28-14-17-5-8-21-24(11-17)35-15-34-21)30-25(19)27-10-9-16-3-6-18(31)7-4-16/h3-8,11-13,31H,9-10,14-15H2,1-2H3,(H2,27,28,29,30). The molecule has 2 heterocycles. The molecular weight excluding hydrogens is 448 g/mol. The van der Waals surface area contributed by atoms with Gasteiger partial charge in [0.25, 0.3) is 0 Å². The number of nitrogens with one attached hydrogen (secondary N) is 2. The first kappa shape index (κ1) is 22.4. The van der Waals surface area contributed by atoms with E-state index >= 15 is 0 Å². The predicted octanol–water partition coefficient (Wildman–Crippen LogP) is 4.35. The number of phenols is 1. The number of hydrogen-bond acceptors (Lipinski definition) is 9. The predicted molar refractivity (Wildman–Crippen MR) is 133 cm³/mol. The van der Waals surface area contributed by atoms with Crippen LogP contribution in [0.1, 0.15) is 11.1 Å². The summed E-state index contributed by atoms with van der Waals surface area (Å²) in [5.74, 6) is 4.09. The van der Waals surface area contributed by atoms with Gasteiger partial charge in [-0.1, -0.05) is 18.2 Å². The summed E-state index contributed by atoms with van der Waals surface area (Å²) in [7, 11) is 3.20. The van der Waals surface area contributed by atoms with Crippen molar-refractivity contribution in [3.05, 3.63) is 65.7 Å². The second-order valence-electron chi connectivity index (χ2n) is 8.00. The molecule has 0 unspecified atom stereocenters. The third-order valence-corrected chi connectivity index (χ3v) is 5.73.